The third-order valence-corrected chi connectivity index (χ3v) is 3.45. The van der Waals surface area contributed by atoms with Gasteiger partial charge in [0.15, 0.2) is 0 Å². The van der Waals surface area contributed by atoms with Gasteiger partial charge in [0, 0.05) is 19.1 Å². The van der Waals surface area contributed by atoms with Gasteiger partial charge in [-0.3, -0.25) is 9.03 Å². The maximum Gasteiger partial charge on any atom is 0.0196 e. The van der Waals surface area contributed by atoms with Crippen molar-refractivity contribution in [3.8, 4) is 0 Å². The van der Waals surface area contributed by atoms with E-state index in [1.165, 1.54) is 25.9 Å². The van der Waals surface area contributed by atoms with E-state index in [9.17, 15) is 0 Å². The SMILES string of the molecule is CSNC1CCN(SC)CC1. The van der Waals surface area contributed by atoms with Crippen LogP contribution in [0.15, 0.2) is 0 Å². The van der Waals surface area contributed by atoms with Gasteiger partial charge < -0.3 is 0 Å². The number of nitrogens with one attached hydrogen (secondary N) is 1. The van der Waals surface area contributed by atoms with Gasteiger partial charge in [0.1, 0.15) is 0 Å². The zero-order chi connectivity index (χ0) is 8.10. The van der Waals surface area contributed by atoms with E-state index in [1.54, 1.807) is 11.9 Å². The van der Waals surface area contributed by atoms with Crippen molar-refractivity contribution in [2.75, 3.05) is 25.6 Å². The van der Waals surface area contributed by atoms with E-state index in [2.05, 4.69) is 21.5 Å². The lowest BCUT2D eigenvalue weighted by Gasteiger charge is -2.29. The zero-order valence-corrected chi connectivity index (χ0v) is 8.80. The lowest BCUT2D eigenvalue weighted by Crippen LogP contribution is -2.36. The fourth-order valence-electron chi connectivity index (χ4n) is 1.32. The van der Waals surface area contributed by atoms with Gasteiger partial charge in [0.2, 0.25) is 0 Å². The van der Waals surface area contributed by atoms with E-state index in [0.29, 0.717) is 0 Å². The van der Waals surface area contributed by atoms with Gasteiger partial charge in [0.25, 0.3) is 0 Å². The van der Waals surface area contributed by atoms with Gasteiger partial charge in [-0.25, -0.2) is 0 Å². The van der Waals surface area contributed by atoms with Gasteiger partial charge >= 0.3 is 0 Å². The predicted octanol–water partition coefficient (Wildman–Crippen LogP) is 1.60. The molecule has 2 nitrogen and oxygen atoms in total. The van der Waals surface area contributed by atoms with Gasteiger partial charge in [-0.15, -0.1) is 0 Å². The van der Waals surface area contributed by atoms with Crippen LogP contribution in [0.4, 0.5) is 0 Å². The number of piperidine rings is 1. The molecule has 0 aliphatic carbocycles. The van der Waals surface area contributed by atoms with Crippen molar-refractivity contribution in [1.82, 2.24) is 9.03 Å². The fraction of sp³-hybridized carbons (Fsp3) is 1.00. The van der Waals surface area contributed by atoms with Crippen LogP contribution in [-0.4, -0.2) is 35.9 Å². The molecule has 0 bridgehead atoms. The molecule has 1 aliphatic heterocycles. The maximum absolute atomic E-state index is 3.41. The third-order valence-electron chi connectivity index (χ3n) is 2.00. The van der Waals surface area contributed by atoms with E-state index in [-0.39, 0.29) is 0 Å². The van der Waals surface area contributed by atoms with E-state index in [0.717, 1.165) is 6.04 Å². The first-order valence-corrected chi connectivity index (χ1v) is 6.35. The Morgan fingerprint density at radius 2 is 1.91 bits per heavy atom. The fourth-order valence-corrected chi connectivity index (χ4v) is 2.47. The van der Waals surface area contributed by atoms with Crippen LogP contribution in [0.25, 0.3) is 0 Å². The minimum absolute atomic E-state index is 0.744. The number of rotatable bonds is 3. The molecule has 0 atom stereocenters. The molecule has 1 heterocycles. The molecule has 0 unspecified atom stereocenters. The molecule has 1 saturated heterocycles. The summed E-state index contributed by atoms with van der Waals surface area (Å²) in [6.45, 7) is 2.47. The summed E-state index contributed by atoms with van der Waals surface area (Å²) in [4.78, 5) is 0. The second-order valence-electron chi connectivity index (χ2n) is 2.71. The molecule has 4 heteroatoms. The highest BCUT2D eigenvalue weighted by Gasteiger charge is 2.17. The van der Waals surface area contributed by atoms with Crippen molar-refractivity contribution in [2.45, 2.75) is 18.9 Å². The molecule has 1 rings (SSSR count). The van der Waals surface area contributed by atoms with Crippen LogP contribution in [0, 0.1) is 0 Å². The summed E-state index contributed by atoms with van der Waals surface area (Å²) in [7, 11) is 0. The summed E-state index contributed by atoms with van der Waals surface area (Å²) >= 11 is 3.61. The van der Waals surface area contributed by atoms with Gasteiger partial charge in [0.05, 0.1) is 0 Å². The third kappa shape index (κ3) is 3.23. The smallest absolute Gasteiger partial charge is 0.0196 e. The monoisotopic (exact) mass is 192 g/mol. The zero-order valence-electron chi connectivity index (χ0n) is 7.17. The van der Waals surface area contributed by atoms with Crippen LogP contribution in [0.3, 0.4) is 0 Å². The summed E-state index contributed by atoms with van der Waals surface area (Å²) in [6.07, 6.45) is 6.84. The quantitative estimate of drug-likeness (QED) is 0.683. The molecule has 1 fully saturated rings. The first-order valence-electron chi connectivity index (χ1n) is 3.94. The Morgan fingerprint density at radius 1 is 1.27 bits per heavy atom. The van der Waals surface area contributed by atoms with Crippen LogP contribution in [0.1, 0.15) is 12.8 Å². The highest BCUT2D eigenvalue weighted by Crippen LogP contribution is 2.16. The average Bonchev–Trinajstić information content (AvgIpc) is 2.07. The Bertz CT molecular complexity index is 103. The molecule has 0 saturated carbocycles. The standard InChI is InChI=1S/C7H16N2S2/c1-10-8-7-3-5-9(11-2)6-4-7/h7-8H,3-6H2,1-2H3. The Morgan fingerprint density at radius 3 is 2.36 bits per heavy atom. The normalized spacial score (nSPS) is 22.4. The summed E-state index contributed by atoms with van der Waals surface area (Å²) < 4.78 is 5.84. The van der Waals surface area contributed by atoms with E-state index in [4.69, 9.17) is 0 Å². The largest absolute Gasteiger partial charge is 0.261 e. The highest BCUT2D eigenvalue weighted by atomic mass is 32.2. The van der Waals surface area contributed by atoms with E-state index < -0.39 is 0 Å². The lowest BCUT2D eigenvalue weighted by molar-refractivity contribution is 0.337. The van der Waals surface area contributed by atoms with Crippen molar-refractivity contribution in [1.29, 1.82) is 0 Å². The van der Waals surface area contributed by atoms with Gasteiger partial charge in [-0.2, -0.15) is 0 Å². The molecule has 0 radical (unpaired) electrons. The van der Waals surface area contributed by atoms with Crippen LogP contribution in [-0.2, 0) is 0 Å². The summed E-state index contributed by atoms with van der Waals surface area (Å²) in [5.41, 5.74) is 0. The molecule has 1 N–H and O–H groups in total. The summed E-state index contributed by atoms with van der Waals surface area (Å²) in [5.74, 6) is 0. The molecular weight excluding hydrogens is 176 g/mol. The summed E-state index contributed by atoms with van der Waals surface area (Å²) in [6, 6.07) is 0.744. The minimum Gasteiger partial charge on any atom is -0.261 e. The molecule has 1 aliphatic rings. The Balaban J connectivity index is 2.14. The number of nitrogens with zero attached hydrogens (tertiary/aromatic N) is 1. The Hall–Kier alpha value is 0.620. The second-order valence-corrected chi connectivity index (χ2v) is 4.23. The molecule has 66 valence electrons. The topological polar surface area (TPSA) is 15.3 Å². The van der Waals surface area contributed by atoms with Crippen molar-refractivity contribution in [2.24, 2.45) is 0 Å². The molecule has 0 spiro atoms. The van der Waals surface area contributed by atoms with Crippen LogP contribution in [0.2, 0.25) is 0 Å². The van der Waals surface area contributed by atoms with Crippen molar-refractivity contribution in [3.63, 3.8) is 0 Å². The minimum atomic E-state index is 0.744. The number of hydrogen-bond donors (Lipinski definition) is 1. The average molecular weight is 192 g/mol. The Labute approximate surface area is 77.7 Å². The van der Waals surface area contributed by atoms with Crippen molar-refractivity contribution in [3.05, 3.63) is 0 Å². The maximum atomic E-state index is 3.41. The summed E-state index contributed by atoms with van der Waals surface area (Å²) in [5, 5.41) is 0. The second kappa shape index (κ2) is 5.30. The van der Waals surface area contributed by atoms with Crippen LogP contribution in [0.5, 0.6) is 0 Å². The molecular formula is C7H16N2S2. The first-order chi connectivity index (χ1) is 5.36. The molecule has 0 amide bonds. The molecule has 0 aromatic rings. The molecule has 11 heavy (non-hydrogen) atoms. The first kappa shape index (κ1) is 9.71. The molecule has 0 aromatic heterocycles. The van der Waals surface area contributed by atoms with E-state index in [1.807, 2.05) is 11.9 Å². The van der Waals surface area contributed by atoms with Crippen LogP contribution >= 0.6 is 23.9 Å². The van der Waals surface area contributed by atoms with E-state index >= 15 is 0 Å². The Kier molecular flexibility index (Phi) is 4.67. The lowest BCUT2D eigenvalue weighted by atomic mass is 10.1. The number of hydrogen-bond acceptors (Lipinski definition) is 4. The highest BCUT2D eigenvalue weighted by molar-refractivity contribution is 7.96. The predicted molar refractivity (Wildman–Crippen MR) is 54.8 cm³/mol. The van der Waals surface area contributed by atoms with Crippen molar-refractivity contribution >= 4 is 23.9 Å². The van der Waals surface area contributed by atoms with Gasteiger partial charge in [-0.1, -0.05) is 23.9 Å². The van der Waals surface area contributed by atoms with Gasteiger partial charge in [-0.05, 0) is 25.4 Å². The van der Waals surface area contributed by atoms with Crippen molar-refractivity contribution < 1.29 is 0 Å². The molecule has 0 aromatic carbocycles. The van der Waals surface area contributed by atoms with Crippen LogP contribution < -0.4 is 4.72 Å².